The van der Waals surface area contributed by atoms with Crippen LogP contribution in [0.2, 0.25) is 0 Å². The number of esters is 1. The molecule has 56 heavy (non-hydrogen) atoms. The van der Waals surface area contributed by atoms with Crippen LogP contribution in [-0.4, -0.2) is 97.2 Å². The molecule has 3 aliphatic rings. The Balaban J connectivity index is 2.00. The molecule has 3 heterocycles. The number of rotatable bonds is 4. The lowest BCUT2D eigenvalue weighted by molar-refractivity contribution is -0.368. The zero-order valence-corrected chi connectivity index (χ0v) is 35.7. The number of ether oxygens (including phenoxy) is 3. The number of carbonyl (C=O) groups is 3. The molecule has 1 spiro atoms. The third-order valence-corrected chi connectivity index (χ3v) is 13.2. The van der Waals surface area contributed by atoms with Crippen LogP contribution in [0.1, 0.15) is 127 Å². The first-order valence-electron chi connectivity index (χ1n) is 21.3. The zero-order chi connectivity index (χ0) is 42.1. The van der Waals surface area contributed by atoms with Crippen LogP contribution in [0, 0.1) is 47.3 Å². The van der Waals surface area contributed by atoms with Gasteiger partial charge >= 0.3 is 5.97 Å². The minimum absolute atomic E-state index is 0.156. The van der Waals surface area contributed by atoms with Crippen LogP contribution in [0.5, 0.6) is 0 Å². The van der Waals surface area contributed by atoms with Gasteiger partial charge in [-0.3, -0.25) is 9.59 Å². The molecular formula is C45H74O11. The van der Waals surface area contributed by atoms with E-state index in [0.29, 0.717) is 32.1 Å². The Kier molecular flexibility index (Phi) is 18.2. The molecule has 0 aliphatic carbocycles. The van der Waals surface area contributed by atoms with E-state index in [9.17, 15) is 39.9 Å². The van der Waals surface area contributed by atoms with Gasteiger partial charge in [0.1, 0.15) is 17.5 Å². The molecular weight excluding hydrogens is 716 g/mol. The standard InChI is InChI=1S/C45H74O11/c1-11-33-18-15-13-14-17-27(4)42(51)44(10,53)43(52)32(9)40(50)31(8)39(49)30(7)38(48)26(3)20-23-37(47)54-41-29(6)36(22-21-33)56-45(35(41)12-2)24-16-19-34(55-45)25-28(5)46/h13-15,18,20,23,26-36,38,40-42,46,48,50-51,53H,11-12,16-17,19,21-22,24-25H2,1-10H3/b14-13+,18-15+,23-20+/t26-,27+,28+,29+,30-,31-,32-,33-,34+,35-,36?,38+,40+,41+,42-,44+,45?/m1/s1. The van der Waals surface area contributed by atoms with Gasteiger partial charge in [-0.2, -0.15) is 0 Å². The van der Waals surface area contributed by atoms with E-state index in [1.165, 1.54) is 39.8 Å². The molecule has 2 saturated heterocycles. The van der Waals surface area contributed by atoms with E-state index >= 15 is 0 Å². The average Bonchev–Trinajstić information content (AvgIpc) is 3.16. The second-order valence-corrected chi connectivity index (χ2v) is 17.7. The minimum Gasteiger partial charge on any atom is -0.458 e. The van der Waals surface area contributed by atoms with Crippen molar-refractivity contribution in [1.82, 2.24) is 0 Å². The highest BCUT2D eigenvalue weighted by atomic mass is 16.7. The topological polar surface area (TPSA) is 180 Å². The summed E-state index contributed by atoms with van der Waals surface area (Å²) >= 11 is 0. The van der Waals surface area contributed by atoms with Crippen molar-refractivity contribution in [2.45, 2.75) is 181 Å². The Labute approximate surface area is 336 Å². The molecule has 0 aromatic carbocycles. The lowest BCUT2D eigenvalue weighted by Crippen LogP contribution is -2.62. The van der Waals surface area contributed by atoms with Gasteiger partial charge in [0, 0.05) is 42.1 Å². The third kappa shape index (κ3) is 11.7. The summed E-state index contributed by atoms with van der Waals surface area (Å²) in [5.74, 6) is -7.37. The lowest BCUT2D eigenvalue weighted by Gasteiger charge is -2.55. The monoisotopic (exact) mass is 791 g/mol. The van der Waals surface area contributed by atoms with Crippen LogP contribution < -0.4 is 0 Å². The van der Waals surface area contributed by atoms with Gasteiger partial charge in [0.25, 0.3) is 0 Å². The smallest absolute Gasteiger partial charge is 0.330 e. The van der Waals surface area contributed by atoms with E-state index in [4.69, 9.17) is 14.2 Å². The first-order valence-corrected chi connectivity index (χ1v) is 21.3. The molecule has 11 heteroatoms. The third-order valence-electron chi connectivity index (χ3n) is 13.2. The number of allylic oxidation sites excluding steroid dienone is 4. The maximum absolute atomic E-state index is 13.6. The fraction of sp³-hybridized carbons (Fsp3) is 0.800. The van der Waals surface area contributed by atoms with Crippen molar-refractivity contribution >= 4 is 17.5 Å². The van der Waals surface area contributed by atoms with Gasteiger partial charge in [-0.1, -0.05) is 85.8 Å². The molecule has 17 atom stereocenters. The number of hydrogen-bond donors (Lipinski definition) is 5. The maximum Gasteiger partial charge on any atom is 0.330 e. The first kappa shape index (κ1) is 48.1. The van der Waals surface area contributed by atoms with Gasteiger partial charge in [0.2, 0.25) is 0 Å². The number of fused-ring (bicyclic) bond motifs is 2. The summed E-state index contributed by atoms with van der Waals surface area (Å²) in [6.07, 6.45) is 11.3. The summed E-state index contributed by atoms with van der Waals surface area (Å²) in [5, 5.41) is 55.0. The minimum atomic E-state index is -2.18. The molecule has 0 aromatic heterocycles. The van der Waals surface area contributed by atoms with E-state index in [1.54, 1.807) is 20.8 Å². The number of aliphatic hydroxyl groups excluding tert-OH is 4. The van der Waals surface area contributed by atoms with E-state index in [-0.39, 0.29) is 30.0 Å². The van der Waals surface area contributed by atoms with Crippen molar-refractivity contribution in [2.75, 3.05) is 0 Å². The van der Waals surface area contributed by atoms with Gasteiger partial charge in [-0.05, 0) is 77.0 Å². The molecule has 0 amide bonds. The SMILES string of the molecule is CC[C@@H]1/C=C/C=C/C[C@H](C)[C@@H](O)[C@](C)(O)C(=O)[C@H](C)[C@@H](O)[C@H](C)C(=O)[C@H](C)[C@@H](O)[C@H](C)/C=C/C(=O)O[C@@H]2[C@@H](CC)C3(CCC[C@@H](C[C@H](C)O)O3)OC(CC1)[C@@H]2C. The van der Waals surface area contributed by atoms with E-state index in [2.05, 4.69) is 19.9 Å². The molecule has 0 radical (unpaired) electrons. The van der Waals surface area contributed by atoms with Crippen LogP contribution >= 0.6 is 0 Å². The van der Waals surface area contributed by atoms with Crippen LogP contribution in [0.15, 0.2) is 36.5 Å². The van der Waals surface area contributed by atoms with Crippen LogP contribution in [0.3, 0.4) is 0 Å². The summed E-state index contributed by atoms with van der Waals surface area (Å²) in [5.41, 5.74) is -2.18. The van der Waals surface area contributed by atoms with Crippen molar-refractivity contribution in [1.29, 1.82) is 0 Å². The second-order valence-electron chi connectivity index (χ2n) is 17.7. The van der Waals surface area contributed by atoms with Gasteiger partial charge in [-0.25, -0.2) is 4.79 Å². The summed E-state index contributed by atoms with van der Waals surface area (Å²) in [6.45, 7) is 17.1. The fourth-order valence-electron chi connectivity index (χ4n) is 9.23. The number of ketones is 2. The summed E-state index contributed by atoms with van der Waals surface area (Å²) < 4.78 is 20.1. The largest absolute Gasteiger partial charge is 0.458 e. The molecule has 0 saturated carbocycles. The molecule has 2 bridgehead atoms. The summed E-state index contributed by atoms with van der Waals surface area (Å²) in [6, 6.07) is 0. The summed E-state index contributed by atoms with van der Waals surface area (Å²) in [7, 11) is 0. The zero-order valence-electron chi connectivity index (χ0n) is 35.7. The molecule has 2 unspecified atom stereocenters. The molecule has 5 N–H and O–H groups in total. The van der Waals surface area contributed by atoms with Gasteiger partial charge in [0.15, 0.2) is 11.6 Å². The van der Waals surface area contributed by atoms with Gasteiger partial charge in [0.05, 0.1) is 42.5 Å². The summed E-state index contributed by atoms with van der Waals surface area (Å²) in [4.78, 5) is 40.6. The molecule has 0 aromatic rings. The van der Waals surface area contributed by atoms with E-state index in [1.807, 2.05) is 25.2 Å². The quantitative estimate of drug-likeness (QED) is 0.210. The van der Waals surface area contributed by atoms with Crippen molar-refractivity contribution in [2.24, 2.45) is 47.3 Å². The average molecular weight is 791 g/mol. The maximum atomic E-state index is 13.6. The van der Waals surface area contributed by atoms with E-state index in [0.717, 1.165) is 25.7 Å². The highest BCUT2D eigenvalue weighted by molar-refractivity contribution is 5.91. The van der Waals surface area contributed by atoms with Crippen molar-refractivity contribution in [3.05, 3.63) is 36.5 Å². The van der Waals surface area contributed by atoms with Crippen LogP contribution in [0.4, 0.5) is 0 Å². The normalized spacial score (nSPS) is 45.4. The first-order chi connectivity index (χ1) is 26.2. The highest BCUT2D eigenvalue weighted by Gasteiger charge is 2.56. The predicted molar refractivity (Wildman–Crippen MR) is 215 cm³/mol. The molecule has 3 rings (SSSR count). The molecule has 320 valence electrons. The lowest BCUT2D eigenvalue weighted by atomic mass is 9.74. The molecule has 3 aliphatic heterocycles. The fourth-order valence-corrected chi connectivity index (χ4v) is 9.23. The Morgan fingerprint density at radius 1 is 0.857 bits per heavy atom. The van der Waals surface area contributed by atoms with Gasteiger partial charge in [-0.15, -0.1) is 0 Å². The van der Waals surface area contributed by atoms with Crippen molar-refractivity contribution in [3.63, 3.8) is 0 Å². The number of hydrogen-bond acceptors (Lipinski definition) is 11. The van der Waals surface area contributed by atoms with Crippen LogP contribution in [-0.2, 0) is 28.6 Å². The second kappa shape index (κ2) is 21.1. The number of carbonyl (C=O) groups excluding carboxylic acids is 3. The Morgan fingerprint density at radius 2 is 1.52 bits per heavy atom. The van der Waals surface area contributed by atoms with Crippen LogP contribution in [0.25, 0.3) is 0 Å². The molecule has 11 nitrogen and oxygen atoms in total. The Bertz CT molecular complexity index is 1370. The van der Waals surface area contributed by atoms with Crippen molar-refractivity contribution < 1.29 is 54.1 Å². The Morgan fingerprint density at radius 3 is 2.14 bits per heavy atom. The number of Topliss-reactive ketones (excluding diaryl/α,β-unsaturated/α-hetero) is 2. The van der Waals surface area contributed by atoms with Crippen molar-refractivity contribution in [3.8, 4) is 0 Å². The predicted octanol–water partition coefficient (Wildman–Crippen LogP) is 6.03. The highest BCUT2D eigenvalue weighted by Crippen LogP contribution is 2.49. The Hall–Kier alpha value is -2.25. The molecule has 2 fully saturated rings. The van der Waals surface area contributed by atoms with Gasteiger partial charge < -0.3 is 39.7 Å². The van der Waals surface area contributed by atoms with E-state index < -0.39 is 89.0 Å². The number of aliphatic hydroxyl groups is 5.